The summed E-state index contributed by atoms with van der Waals surface area (Å²) in [6.07, 6.45) is 1.97. The third-order valence-corrected chi connectivity index (χ3v) is 2.65. The minimum Gasteiger partial charge on any atom is -0.474 e. The molecule has 0 aliphatic carbocycles. The van der Waals surface area contributed by atoms with Crippen molar-refractivity contribution >= 4 is 27.5 Å². The lowest BCUT2D eigenvalue weighted by Crippen LogP contribution is -2.23. The highest BCUT2D eigenvalue weighted by atomic mass is 32.2. The van der Waals surface area contributed by atoms with Crippen LogP contribution in [-0.4, -0.2) is 37.6 Å². The monoisotopic (exact) mass is 241 g/mol. The second kappa shape index (κ2) is 6.97. The van der Waals surface area contributed by atoms with Crippen LogP contribution in [0, 0.1) is 0 Å². The minimum atomic E-state index is -3.80. The number of thiocarbonyl (C=S) groups is 1. The van der Waals surface area contributed by atoms with E-state index in [9.17, 15) is 8.42 Å². The second-order valence-electron chi connectivity index (χ2n) is 2.77. The maximum Gasteiger partial charge on any atom is 0.264 e. The molecule has 0 bridgehead atoms. The Kier molecular flexibility index (Phi) is 6.77. The number of unbranched alkanes of at least 4 members (excludes halogenated alkanes) is 2. The fourth-order valence-corrected chi connectivity index (χ4v) is 1.52. The van der Waals surface area contributed by atoms with E-state index in [0.29, 0.717) is 18.1 Å². The first-order valence-corrected chi connectivity index (χ1v) is 6.24. The number of nitrogens with one attached hydrogen (secondary N) is 1. The number of rotatable bonds is 6. The van der Waals surface area contributed by atoms with Gasteiger partial charge in [0.25, 0.3) is 15.3 Å². The molecule has 0 atom stereocenters. The Bertz CT molecular complexity index is 263. The molecule has 14 heavy (non-hydrogen) atoms. The maximum atomic E-state index is 10.3. The summed E-state index contributed by atoms with van der Waals surface area (Å²) >= 11 is 4.72. The van der Waals surface area contributed by atoms with Crippen LogP contribution in [0.1, 0.15) is 19.3 Å². The third-order valence-electron chi connectivity index (χ3n) is 1.53. The van der Waals surface area contributed by atoms with Gasteiger partial charge in [-0.3, -0.25) is 4.55 Å². The van der Waals surface area contributed by atoms with E-state index in [-0.39, 0.29) is 5.75 Å². The molecule has 2 N–H and O–H groups in total. The molecule has 7 heteroatoms. The first-order chi connectivity index (χ1) is 6.45. The molecule has 84 valence electrons. The molecule has 0 saturated carbocycles. The molecule has 0 aliphatic heterocycles. The van der Waals surface area contributed by atoms with Crippen LogP contribution in [0.25, 0.3) is 0 Å². The van der Waals surface area contributed by atoms with E-state index in [2.05, 4.69) is 5.32 Å². The highest BCUT2D eigenvalue weighted by Crippen LogP contribution is 1.97. The van der Waals surface area contributed by atoms with E-state index < -0.39 is 10.1 Å². The smallest absolute Gasteiger partial charge is 0.264 e. The van der Waals surface area contributed by atoms with Crippen LogP contribution in [0.4, 0.5) is 0 Å². The van der Waals surface area contributed by atoms with Crippen molar-refractivity contribution in [3.05, 3.63) is 0 Å². The van der Waals surface area contributed by atoms with Gasteiger partial charge in [0.05, 0.1) is 12.9 Å². The van der Waals surface area contributed by atoms with Gasteiger partial charge in [-0.05, 0) is 25.1 Å². The molecule has 5 nitrogen and oxygen atoms in total. The van der Waals surface area contributed by atoms with Crippen molar-refractivity contribution in [2.45, 2.75) is 19.3 Å². The molecule has 0 radical (unpaired) electrons. The summed E-state index contributed by atoms with van der Waals surface area (Å²) < 4.78 is 33.7. The minimum absolute atomic E-state index is 0.179. The van der Waals surface area contributed by atoms with Gasteiger partial charge in [-0.15, -0.1) is 0 Å². The molecular weight excluding hydrogens is 226 g/mol. The summed E-state index contributed by atoms with van der Waals surface area (Å²) in [5, 5.41) is 3.16. The van der Waals surface area contributed by atoms with Crippen molar-refractivity contribution in [1.29, 1.82) is 0 Å². The quantitative estimate of drug-likeness (QED) is 0.402. The van der Waals surface area contributed by atoms with E-state index in [1.807, 2.05) is 0 Å². The first-order valence-electron chi connectivity index (χ1n) is 4.22. The Morgan fingerprint density at radius 3 is 2.57 bits per heavy atom. The zero-order valence-electron chi connectivity index (χ0n) is 8.02. The van der Waals surface area contributed by atoms with E-state index in [0.717, 1.165) is 12.8 Å². The van der Waals surface area contributed by atoms with Gasteiger partial charge in [-0.2, -0.15) is 8.42 Å². The Hall–Kier alpha value is -0.400. The number of methoxy groups -OCH3 is 1. The molecule has 0 aromatic carbocycles. The van der Waals surface area contributed by atoms with Gasteiger partial charge < -0.3 is 10.1 Å². The second-order valence-corrected chi connectivity index (χ2v) is 4.71. The van der Waals surface area contributed by atoms with E-state index in [1.54, 1.807) is 0 Å². The van der Waals surface area contributed by atoms with Gasteiger partial charge in [-0.25, -0.2) is 0 Å². The molecule has 0 aromatic heterocycles. The molecular formula is C7H15NO4S2. The van der Waals surface area contributed by atoms with Crippen molar-refractivity contribution in [3.63, 3.8) is 0 Å². The third kappa shape index (κ3) is 9.69. The fraction of sp³-hybridized carbons (Fsp3) is 0.857. The Morgan fingerprint density at radius 2 is 2.07 bits per heavy atom. The van der Waals surface area contributed by atoms with Gasteiger partial charge in [-0.1, -0.05) is 6.42 Å². The lowest BCUT2D eigenvalue weighted by molar-refractivity contribution is 0.392. The average molecular weight is 241 g/mol. The summed E-state index contributed by atoms with van der Waals surface area (Å²) in [7, 11) is -2.32. The Labute approximate surface area is 89.6 Å². The van der Waals surface area contributed by atoms with Crippen LogP contribution >= 0.6 is 12.2 Å². The molecule has 0 saturated heterocycles. The van der Waals surface area contributed by atoms with Gasteiger partial charge in [0.2, 0.25) is 0 Å². The van der Waals surface area contributed by atoms with Crippen molar-refractivity contribution in [2.75, 3.05) is 19.4 Å². The van der Waals surface area contributed by atoms with Crippen LogP contribution in [0.3, 0.4) is 0 Å². The number of hydrogen-bond donors (Lipinski definition) is 2. The molecule has 0 spiro atoms. The molecule has 0 unspecified atom stereocenters. The van der Waals surface area contributed by atoms with E-state index >= 15 is 0 Å². The molecule has 0 amide bonds. The molecule has 0 fully saturated rings. The number of ether oxygens (including phenoxy) is 1. The SMILES string of the molecule is COC(=S)NCCCCCS(=O)(=O)O. The van der Waals surface area contributed by atoms with Gasteiger partial charge in [0, 0.05) is 6.54 Å². The van der Waals surface area contributed by atoms with E-state index in [4.69, 9.17) is 21.5 Å². The van der Waals surface area contributed by atoms with Crippen molar-refractivity contribution in [1.82, 2.24) is 5.32 Å². The summed E-state index contributed by atoms with van der Waals surface area (Å²) in [5.41, 5.74) is 0. The maximum absolute atomic E-state index is 10.3. The lowest BCUT2D eigenvalue weighted by atomic mass is 10.2. The highest BCUT2D eigenvalue weighted by molar-refractivity contribution is 7.85. The average Bonchev–Trinajstić information content (AvgIpc) is 2.08. The standard InChI is InChI=1S/C7H15NO4S2/c1-12-7(13)8-5-3-2-4-6-14(9,10)11/h2-6H2,1H3,(H,8,13)(H,9,10,11). The summed E-state index contributed by atoms with van der Waals surface area (Å²) in [6, 6.07) is 0. The van der Waals surface area contributed by atoms with E-state index in [1.165, 1.54) is 7.11 Å². The fourth-order valence-electron chi connectivity index (χ4n) is 0.849. The molecule has 0 heterocycles. The van der Waals surface area contributed by atoms with Crippen LogP contribution in [0.2, 0.25) is 0 Å². The van der Waals surface area contributed by atoms with Crippen LogP contribution < -0.4 is 5.32 Å². The molecule has 0 aliphatic rings. The van der Waals surface area contributed by atoms with Crippen LogP contribution in [-0.2, 0) is 14.9 Å². The summed E-state index contributed by atoms with van der Waals surface area (Å²) in [6.45, 7) is 0.651. The zero-order chi connectivity index (χ0) is 11.0. The highest BCUT2D eigenvalue weighted by Gasteiger charge is 2.02. The Balaban J connectivity index is 3.27. The largest absolute Gasteiger partial charge is 0.474 e. The first kappa shape index (κ1) is 13.6. The summed E-state index contributed by atoms with van der Waals surface area (Å²) in [5.74, 6) is -0.179. The van der Waals surface area contributed by atoms with Crippen molar-refractivity contribution < 1.29 is 17.7 Å². The van der Waals surface area contributed by atoms with Crippen molar-refractivity contribution in [3.8, 4) is 0 Å². The molecule has 0 aromatic rings. The Morgan fingerprint density at radius 1 is 1.43 bits per heavy atom. The van der Waals surface area contributed by atoms with Gasteiger partial charge >= 0.3 is 0 Å². The predicted molar refractivity (Wildman–Crippen MR) is 57.9 cm³/mol. The van der Waals surface area contributed by atoms with Gasteiger partial charge in [0.1, 0.15) is 0 Å². The van der Waals surface area contributed by atoms with Crippen LogP contribution in [0.15, 0.2) is 0 Å². The number of hydrogen-bond acceptors (Lipinski definition) is 4. The topological polar surface area (TPSA) is 75.6 Å². The van der Waals surface area contributed by atoms with Crippen molar-refractivity contribution in [2.24, 2.45) is 0 Å². The normalized spacial score (nSPS) is 11.0. The van der Waals surface area contributed by atoms with Crippen LogP contribution in [0.5, 0.6) is 0 Å². The summed E-state index contributed by atoms with van der Waals surface area (Å²) in [4.78, 5) is 0. The van der Waals surface area contributed by atoms with Gasteiger partial charge in [0.15, 0.2) is 0 Å². The lowest BCUT2D eigenvalue weighted by Gasteiger charge is -2.05. The molecule has 0 rings (SSSR count). The predicted octanol–water partition coefficient (Wildman–Crippen LogP) is 0.565. The zero-order valence-corrected chi connectivity index (χ0v) is 9.66.